The van der Waals surface area contributed by atoms with Crippen LogP contribution in [0.1, 0.15) is 30.0 Å². The molecule has 4 nitrogen and oxygen atoms in total. The molecule has 1 atom stereocenters. The van der Waals surface area contributed by atoms with Gasteiger partial charge in [-0.1, -0.05) is 60.7 Å². The highest BCUT2D eigenvalue weighted by atomic mass is 16.2. The van der Waals surface area contributed by atoms with Crippen LogP contribution in [-0.2, 0) is 11.3 Å². The number of carbonyl (C=O) groups is 1. The third-order valence-electron chi connectivity index (χ3n) is 4.96. The van der Waals surface area contributed by atoms with Crippen LogP contribution in [0.15, 0.2) is 60.7 Å². The van der Waals surface area contributed by atoms with Gasteiger partial charge in [0, 0.05) is 13.1 Å². The number of nitrogens with two attached hydrogens (primary N) is 1. The maximum Gasteiger partial charge on any atom is 0.241 e. The van der Waals surface area contributed by atoms with Gasteiger partial charge in [0.15, 0.2) is 0 Å². The molecule has 0 aliphatic carbocycles. The lowest BCUT2D eigenvalue weighted by Gasteiger charge is -2.32. The second kappa shape index (κ2) is 8.79. The maximum atomic E-state index is 12.2. The Balaban J connectivity index is 1.40. The van der Waals surface area contributed by atoms with E-state index in [1.54, 1.807) is 0 Å². The van der Waals surface area contributed by atoms with Crippen LogP contribution in [0.5, 0.6) is 0 Å². The van der Waals surface area contributed by atoms with Gasteiger partial charge in [-0.15, -0.1) is 0 Å². The molecule has 1 aliphatic heterocycles. The van der Waals surface area contributed by atoms with Gasteiger partial charge in [-0.05, 0) is 43.0 Å². The fourth-order valence-electron chi connectivity index (χ4n) is 3.36. The van der Waals surface area contributed by atoms with Crippen LogP contribution < -0.4 is 11.1 Å². The van der Waals surface area contributed by atoms with Crippen molar-refractivity contribution in [3.8, 4) is 0 Å². The first kappa shape index (κ1) is 17.6. The summed E-state index contributed by atoms with van der Waals surface area (Å²) in [6.07, 6.45) is 2.24. The Morgan fingerprint density at radius 1 is 1.04 bits per heavy atom. The first-order valence-electron chi connectivity index (χ1n) is 9.07. The highest BCUT2D eigenvalue weighted by Gasteiger charge is 2.21. The Morgan fingerprint density at radius 3 is 2.28 bits per heavy atom. The molecule has 1 unspecified atom stereocenters. The van der Waals surface area contributed by atoms with E-state index in [1.165, 1.54) is 5.56 Å². The van der Waals surface area contributed by atoms with Crippen LogP contribution in [0.25, 0.3) is 0 Å². The average molecular weight is 337 g/mol. The number of carbonyl (C=O) groups excluding carboxylic acids is 1. The first-order chi connectivity index (χ1) is 12.2. The number of nitrogens with zero attached hydrogens (tertiary/aromatic N) is 1. The Labute approximate surface area is 150 Å². The summed E-state index contributed by atoms with van der Waals surface area (Å²) in [5.41, 5.74) is 8.26. The van der Waals surface area contributed by atoms with E-state index in [4.69, 9.17) is 5.73 Å². The summed E-state index contributed by atoms with van der Waals surface area (Å²) >= 11 is 0. The number of hydrogen-bond acceptors (Lipinski definition) is 3. The zero-order valence-corrected chi connectivity index (χ0v) is 14.6. The molecule has 1 amide bonds. The van der Waals surface area contributed by atoms with Crippen molar-refractivity contribution < 1.29 is 4.79 Å². The molecule has 25 heavy (non-hydrogen) atoms. The standard InChI is InChI=1S/C21H27N3O/c22-20(19-9-5-2-6-10-19)21(25)23-15-17-11-13-24(14-12-17)16-18-7-3-1-4-8-18/h1-10,17,20H,11-16,22H2,(H,23,25). The van der Waals surface area contributed by atoms with Crippen molar-refractivity contribution in [2.24, 2.45) is 11.7 Å². The Bertz CT molecular complexity index is 651. The van der Waals surface area contributed by atoms with E-state index in [0.29, 0.717) is 5.92 Å². The summed E-state index contributed by atoms with van der Waals surface area (Å²) in [6, 6.07) is 19.5. The molecule has 1 aliphatic rings. The number of rotatable bonds is 6. The molecule has 132 valence electrons. The molecule has 4 heteroatoms. The minimum atomic E-state index is -0.584. The van der Waals surface area contributed by atoms with E-state index < -0.39 is 6.04 Å². The fraction of sp³-hybridized carbons (Fsp3) is 0.381. The lowest BCUT2D eigenvalue weighted by Crippen LogP contribution is -2.41. The van der Waals surface area contributed by atoms with Crippen molar-refractivity contribution in [2.45, 2.75) is 25.4 Å². The van der Waals surface area contributed by atoms with Crippen LogP contribution in [0.4, 0.5) is 0 Å². The van der Waals surface area contributed by atoms with Crippen LogP contribution >= 0.6 is 0 Å². The molecule has 3 N–H and O–H groups in total. The third kappa shape index (κ3) is 5.15. The topological polar surface area (TPSA) is 58.4 Å². The first-order valence-corrected chi connectivity index (χ1v) is 9.07. The largest absolute Gasteiger partial charge is 0.354 e. The maximum absolute atomic E-state index is 12.2. The van der Waals surface area contributed by atoms with Crippen molar-refractivity contribution >= 4 is 5.91 Å². The van der Waals surface area contributed by atoms with Gasteiger partial charge < -0.3 is 11.1 Å². The molecule has 0 radical (unpaired) electrons. The van der Waals surface area contributed by atoms with Gasteiger partial charge in [0.1, 0.15) is 6.04 Å². The van der Waals surface area contributed by atoms with Gasteiger partial charge >= 0.3 is 0 Å². The lowest BCUT2D eigenvalue weighted by atomic mass is 9.96. The zero-order chi connectivity index (χ0) is 17.5. The van der Waals surface area contributed by atoms with Crippen molar-refractivity contribution in [1.82, 2.24) is 10.2 Å². The van der Waals surface area contributed by atoms with Crippen LogP contribution in [0.2, 0.25) is 0 Å². The lowest BCUT2D eigenvalue weighted by molar-refractivity contribution is -0.122. The average Bonchev–Trinajstić information content (AvgIpc) is 2.68. The van der Waals surface area contributed by atoms with E-state index in [-0.39, 0.29) is 5.91 Å². The fourth-order valence-corrected chi connectivity index (χ4v) is 3.36. The smallest absolute Gasteiger partial charge is 0.241 e. The highest BCUT2D eigenvalue weighted by Crippen LogP contribution is 2.19. The van der Waals surface area contributed by atoms with Gasteiger partial charge in [-0.25, -0.2) is 0 Å². The molecule has 3 rings (SSSR count). The predicted molar refractivity (Wildman–Crippen MR) is 101 cm³/mol. The zero-order valence-electron chi connectivity index (χ0n) is 14.6. The monoisotopic (exact) mass is 337 g/mol. The highest BCUT2D eigenvalue weighted by molar-refractivity contribution is 5.82. The quantitative estimate of drug-likeness (QED) is 0.852. The molecule has 0 bridgehead atoms. The summed E-state index contributed by atoms with van der Waals surface area (Å²) in [7, 11) is 0. The van der Waals surface area contributed by atoms with E-state index in [2.05, 4.69) is 40.5 Å². The molecular formula is C21H27N3O. The van der Waals surface area contributed by atoms with E-state index in [0.717, 1.165) is 44.6 Å². The molecule has 1 heterocycles. The van der Waals surface area contributed by atoms with Gasteiger partial charge in [0.2, 0.25) is 5.91 Å². The third-order valence-corrected chi connectivity index (χ3v) is 4.96. The minimum Gasteiger partial charge on any atom is -0.354 e. The van der Waals surface area contributed by atoms with Crippen molar-refractivity contribution in [2.75, 3.05) is 19.6 Å². The van der Waals surface area contributed by atoms with Crippen molar-refractivity contribution in [3.05, 3.63) is 71.8 Å². The van der Waals surface area contributed by atoms with Crippen LogP contribution in [-0.4, -0.2) is 30.4 Å². The SMILES string of the molecule is NC(C(=O)NCC1CCN(Cc2ccccc2)CC1)c1ccccc1. The number of nitrogens with one attached hydrogen (secondary N) is 1. The molecule has 2 aromatic carbocycles. The summed E-state index contributed by atoms with van der Waals surface area (Å²) in [5, 5.41) is 3.03. The molecule has 1 saturated heterocycles. The molecular weight excluding hydrogens is 310 g/mol. The number of amides is 1. The summed E-state index contributed by atoms with van der Waals surface area (Å²) in [6.45, 7) is 3.90. The molecule has 1 fully saturated rings. The minimum absolute atomic E-state index is 0.0853. The Hall–Kier alpha value is -2.17. The van der Waals surface area contributed by atoms with E-state index in [1.807, 2.05) is 30.3 Å². The van der Waals surface area contributed by atoms with Gasteiger partial charge in [-0.2, -0.15) is 0 Å². The van der Waals surface area contributed by atoms with Crippen LogP contribution in [0, 0.1) is 5.92 Å². The predicted octanol–water partition coefficient (Wildman–Crippen LogP) is 2.71. The molecule has 2 aromatic rings. The normalized spacial score (nSPS) is 17.2. The number of piperidine rings is 1. The molecule has 0 spiro atoms. The van der Waals surface area contributed by atoms with E-state index >= 15 is 0 Å². The summed E-state index contributed by atoms with van der Waals surface area (Å²) < 4.78 is 0. The van der Waals surface area contributed by atoms with Crippen molar-refractivity contribution in [1.29, 1.82) is 0 Å². The van der Waals surface area contributed by atoms with Gasteiger partial charge in [0.25, 0.3) is 0 Å². The Morgan fingerprint density at radius 2 is 1.64 bits per heavy atom. The number of hydrogen-bond donors (Lipinski definition) is 2. The second-order valence-corrected chi connectivity index (χ2v) is 6.84. The number of likely N-dealkylation sites (tertiary alicyclic amines) is 1. The Kier molecular flexibility index (Phi) is 6.20. The number of benzene rings is 2. The van der Waals surface area contributed by atoms with Crippen molar-refractivity contribution in [3.63, 3.8) is 0 Å². The summed E-state index contributed by atoms with van der Waals surface area (Å²) in [5.74, 6) is 0.455. The summed E-state index contributed by atoms with van der Waals surface area (Å²) in [4.78, 5) is 14.7. The van der Waals surface area contributed by atoms with Gasteiger partial charge in [0.05, 0.1) is 0 Å². The second-order valence-electron chi connectivity index (χ2n) is 6.84. The molecule has 0 saturated carbocycles. The van der Waals surface area contributed by atoms with Gasteiger partial charge in [-0.3, -0.25) is 9.69 Å². The van der Waals surface area contributed by atoms with E-state index in [9.17, 15) is 4.79 Å². The van der Waals surface area contributed by atoms with Crippen LogP contribution in [0.3, 0.4) is 0 Å². The molecule has 0 aromatic heterocycles.